The summed E-state index contributed by atoms with van der Waals surface area (Å²) in [5.74, 6) is -0.302. The lowest BCUT2D eigenvalue weighted by Gasteiger charge is -2.22. The summed E-state index contributed by atoms with van der Waals surface area (Å²) < 4.78 is 19.7. The summed E-state index contributed by atoms with van der Waals surface area (Å²) in [5.41, 5.74) is 1.79. The van der Waals surface area contributed by atoms with Gasteiger partial charge in [-0.25, -0.2) is 4.39 Å². The monoisotopic (exact) mass is 362 g/mol. The molecule has 2 aromatic rings. The van der Waals surface area contributed by atoms with Crippen molar-refractivity contribution in [3.63, 3.8) is 0 Å². The molecule has 1 fully saturated rings. The van der Waals surface area contributed by atoms with Crippen molar-refractivity contribution >= 4 is 28.9 Å². The molecule has 2 aromatic carbocycles. The van der Waals surface area contributed by atoms with Crippen LogP contribution in [0.3, 0.4) is 0 Å². The van der Waals surface area contributed by atoms with Gasteiger partial charge in [0.25, 0.3) is 5.91 Å². The Kier molecular flexibility index (Phi) is 5.43. The Balaban J connectivity index is 1.67. The van der Waals surface area contributed by atoms with Crippen LogP contribution in [-0.2, 0) is 4.79 Å². The summed E-state index contributed by atoms with van der Waals surface area (Å²) in [6.07, 6.45) is 2.14. The summed E-state index contributed by atoms with van der Waals surface area (Å²) in [4.78, 5) is 14.3. The van der Waals surface area contributed by atoms with Gasteiger partial charge in [0.2, 0.25) is 0 Å². The van der Waals surface area contributed by atoms with Crippen LogP contribution in [0.5, 0.6) is 5.75 Å². The van der Waals surface area contributed by atoms with Crippen LogP contribution < -0.4 is 15.0 Å². The summed E-state index contributed by atoms with van der Waals surface area (Å²) >= 11 is 5.97. The van der Waals surface area contributed by atoms with Gasteiger partial charge in [-0.05, 0) is 55.7 Å². The number of para-hydroxylation sites is 1. The number of hydrogen-bond acceptors (Lipinski definition) is 3. The predicted octanol–water partition coefficient (Wildman–Crippen LogP) is 4.41. The van der Waals surface area contributed by atoms with Crippen molar-refractivity contribution in [2.75, 3.05) is 29.9 Å². The number of anilines is 2. The number of halogens is 2. The molecule has 1 saturated heterocycles. The minimum Gasteiger partial charge on any atom is -0.484 e. The average molecular weight is 363 g/mol. The molecule has 1 amide bonds. The molecule has 6 heteroatoms. The van der Waals surface area contributed by atoms with Crippen molar-refractivity contribution in [1.82, 2.24) is 0 Å². The first-order valence-corrected chi connectivity index (χ1v) is 8.64. The molecule has 1 aliphatic rings. The van der Waals surface area contributed by atoms with Crippen molar-refractivity contribution in [3.05, 3.63) is 52.8 Å². The zero-order chi connectivity index (χ0) is 17.8. The van der Waals surface area contributed by atoms with Crippen LogP contribution in [0.15, 0.2) is 36.4 Å². The third kappa shape index (κ3) is 4.23. The van der Waals surface area contributed by atoms with Crippen molar-refractivity contribution in [2.45, 2.75) is 19.8 Å². The Morgan fingerprint density at radius 1 is 1.28 bits per heavy atom. The van der Waals surface area contributed by atoms with E-state index in [1.54, 1.807) is 24.3 Å². The fourth-order valence-electron chi connectivity index (χ4n) is 2.89. The zero-order valence-corrected chi connectivity index (χ0v) is 14.8. The van der Waals surface area contributed by atoms with Gasteiger partial charge in [-0.2, -0.15) is 0 Å². The van der Waals surface area contributed by atoms with E-state index in [2.05, 4.69) is 10.2 Å². The van der Waals surface area contributed by atoms with E-state index >= 15 is 0 Å². The van der Waals surface area contributed by atoms with Gasteiger partial charge in [-0.15, -0.1) is 0 Å². The molecule has 1 N–H and O–H groups in total. The highest BCUT2D eigenvalue weighted by atomic mass is 35.5. The number of carbonyl (C=O) groups is 1. The number of carbonyl (C=O) groups excluding carboxylic acids is 1. The van der Waals surface area contributed by atoms with Gasteiger partial charge in [0.15, 0.2) is 6.61 Å². The maximum Gasteiger partial charge on any atom is 0.262 e. The third-order valence-corrected chi connectivity index (χ3v) is 4.63. The first-order valence-electron chi connectivity index (χ1n) is 8.27. The van der Waals surface area contributed by atoms with E-state index in [4.69, 9.17) is 16.3 Å². The largest absolute Gasteiger partial charge is 0.484 e. The Bertz CT molecular complexity index is 776. The van der Waals surface area contributed by atoms with Crippen LogP contribution >= 0.6 is 11.6 Å². The van der Waals surface area contributed by atoms with Gasteiger partial charge >= 0.3 is 0 Å². The Morgan fingerprint density at radius 3 is 2.76 bits per heavy atom. The first-order chi connectivity index (χ1) is 12.0. The molecule has 0 aromatic heterocycles. The molecule has 132 valence electrons. The van der Waals surface area contributed by atoms with Gasteiger partial charge in [-0.3, -0.25) is 4.79 Å². The Labute approximate surface area is 151 Å². The van der Waals surface area contributed by atoms with E-state index in [1.165, 1.54) is 6.07 Å². The van der Waals surface area contributed by atoms with Crippen molar-refractivity contribution in [2.24, 2.45) is 0 Å². The van der Waals surface area contributed by atoms with Crippen molar-refractivity contribution in [3.8, 4) is 5.75 Å². The van der Waals surface area contributed by atoms with Crippen LogP contribution in [-0.4, -0.2) is 25.6 Å². The second-order valence-electron chi connectivity index (χ2n) is 6.08. The number of aryl methyl sites for hydroxylation is 1. The minimum absolute atomic E-state index is 0.200. The summed E-state index contributed by atoms with van der Waals surface area (Å²) in [6.45, 7) is 3.39. The number of hydrogen-bond donors (Lipinski definition) is 1. The third-order valence-electron chi connectivity index (χ3n) is 4.20. The number of rotatable bonds is 5. The maximum atomic E-state index is 14.2. The summed E-state index contributed by atoms with van der Waals surface area (Å²) in [7, 11) is 0. The Hall–Kier alpha value is -2.27. The molecule has 0 radical (unpaired) electrons. The van der Waals surface area contributed by atoms with Gasteiger partial charge in [-0.1, -0.05) is 17.7 Å². The molecule has 1 aliphatic heterocycles. The van der Waals surface area contributed by atoms with Gasteiger partial charge in [0, 0.05) is 18.1 Å². The van der Waals surface area contributed by atoms with Crippen LogP contribution in [0.2, 0.25) is 5.02 Å². The summed E-state index contributed by atoms with van der Waals surface area (Å²) in [5, 5.41) is 3.28. The quantitative estimate of drug-likeness (QED) is 0.856. The highest BCUT2D eigenvalue weighted by Crippen LogP contribution is 2.31. The molecule has 25 heavy (non-hydrogen) atoms. The van der Waals surface area contributed by atoms with E-state index in [0.29, 0.717) is 16.5 Å². The van der Waals surface area contributed by atoms with E-state index in [1.807, 2.05) is 13.0 Å². The molecular formula is C19H20ClFN2O2. The van der Waals surface area contributed by atoms with E-state index in [-0.39, 0.29) is 12.3 Å². The van der Waals surface area contributed by atoms with Crippen LogP contribution in [0.4, 0.5) is 15.8 Å². The van der Waals surface area contributed by atoms with Gasteiger partial charge < -0.3 is 15.0 Å². The van der Waals surface area contributed by atoms with Crippen molar-refractivity contribution in [1.29, 1.82) is 0 Å². The second kappa shape index (κ2) is 7.74. The average Bonchev–Trinajstić information content (AvgIpc) is 3.12. The van der Waals surface area contributed by atoms with E-state index in [0.717, 1.165) is 31.5 Å². The normalized spacial score (nSPS) is 13.8. The fourth-order valence-corrected chi connectivity index (χ4v) is 3.01. The molecule has 0 bridgehead atoms. The molecule has 3 rings (SSSR count). The molecular weight excluding hydrogens is 343 g/mol. The van der Waals surface area contributed by atoms with Gasteiger partial charge in [0.1, 0.15) is 17.3 Å². The maximum absolute atomic E-state index is 14.2. The molecule has 0 saturated carbocycles. The molecule has 0 aliphatic carbocycles. The van der Waals surface area contributed by atoms with Crippen LogP contribution in [0.1, 0.15) is 18.4 Å². The predicted molar refractivity (Wildman–Crippen MR) is 98.2 cm³/mol. The highest BCUT2D eigenvalue weighted by Gasteiger charge is 2.19. The minimum atomic E-state index is -0.444. The topological polar surface area (TPSA) is 41.6 Å². The Morgan fingerprint density at radius 2 is 2.04 bits per heavy atom. The standard InChI is InChI=1S/C19H20ClFN2O2/c1-13-11-14(7-8-15(13)20)25-12-18(24)22-19-16(21)5-4-6-17(19)23-9-2-3-10-23/h4-8,11H,2-3,9-10,12H2,1H3,(H,22,24). The van der Waals surface area contributed by atoms with Gasteiger partial charge in [0.05, 0.1) is 5.69 Å². The number of nitrogens with one attached hydrogen (secondary N) is 1. The highest BCUT2D eigenvalue weighted by molar-refractivity contribution is 6.31. The van der Waals surface area contributed by atoms with Crippen LogP contribution in [0, 0.1) is 12.7 Å². The summed E-state index contributed by atoms with van der Waals surface area (Å²) in [6, 6.07) is 10.00. The number of ether oxygens (including phenoxy) is 1. The van der Waals surface area contributed by atoms with Crippen molar-refractivity contribution < 1.29 is 13.9 Å². The second-order valence-corrected chi connectivity index (χ2v) is 6.48. The molecule has 0 spiro atoms. The van der Waals surface area contributed by atoms with E-state index in [9.17, 15) is 9.18 Å². The first kappa shape index (κ1) is 17.5. The molecule has 1 heterocycles. The number of benzene rings is 2. The number of nitrogens with zero attached hydrogens (tertiary/aromatic N) is 1. The lowest BCUT2D eigenvalue weighted by atomic mass is 10.2. The SMILES string of the molecule is Cc1cc(OCC(=O)Nc2c(F)cccc2N2CCCC2)ccc1Cl. The lowest BCUT2D eigenvalue weighted by Crippen LogP contribution is -2.24. The molecule has 4 nitrogen and oxygen atoms in total. The molecule has 0 unspecified atom stereocenters. The molecule has 0 atom stereocenters. The van der Waals surface area contributed by atoms with Crippen LogP contribution in [0.25, 0.3) is 0 Å². The number of amides is 1. The lowest BCUT2D eigenvalue weighted by molar-refractivity contribution is -0.118. The zero-order valence-electron chi connectivity index (χ0n) is 14.0. The van der Waals surface area contributed by atoms with E-state index < -0.39 is 11.7 Å². The fraction of sp³-hybridized carbons (Fsp3) is 0.316. The smallest absolute Gasteiger partial charge is 0.262 e.